The monoisotopic (exact) mass is 589 g/mol. The van der Waals surface area contributed by atoms with Gasteiger partial charge in [0.1, 0.15) is 18.1 Å². The lowest BCUT2D eigenvalue weighted by Gasteiger charge is -2.14. The first kappa shape index (κ1) is 28.1. The first-order chi connectivity index (χ1) is 19.9. The number of thioether (sulfide) groups is 1. The van der Waals surface area contributed by atoms with Crippen LogP contribution in [0.15, 0.2) is 83.8 Å². The topological polar surface area (TPSA) is 91.4 Å². The molecule has 1 heterocycles. The van der Waals surface area contributed by atoms with E-state index in [1.807, 2.05) is 42.5 Å². The Labute approximate surface area is 245 Å². The van der Waals surface area contributed by atoms with Gasteiger partial charge in [0.05, 0.1) is 36.3 Å². The molecule has 0 radical (unpaired) electrons. The van der Waals surface area contributed by atoms with Crippen LogP contribution in [0.1, 0.15) is 15.9 Å². The predicted octanol–water partition coefficient (Wildman–Crippen LogP) is 6.84. The van der Waals surface area contributed by atoms with Crippen molar-refractivity contribution in [3.8, 4) is 23.0 Å². The number of esters is 1. The van der Waals surface area contributed by atoms with Gasteiger partial charge in [0.2, 0.25) is 0 Å². The number of methoxy groups -OCH3 is 2. The lowest BCUT2D eigenvalue weighted by atomic mass is 10.1. The van der Waals surface area contributed by atoms with Crippen molar-refractivity contribution in [1.29, 1.82) is 0 Å². The summed E-state index contributed by atoms with van der Waals surface area (Å²) >= 11 is 7.27. The van der Waals surface area contributed by atoms with Crippen molar-refractivity contribution in [2.75, 3.05) is 27.4 Å². The van der Waals surface area contributed by atoms with E-state index < -0.39 is 17.1 Å². The highest BCUT2D eigenvalue weighted by molar-refractivity contribution is 8.18. The number of nitrogens with zero attached hydrogens (tertiary/aromatic N) is 1. The normalized spacial score (nSPS) is 14.0. The zero-order valence-corrected chi connectivity index (χ0v) is 23.7. The number of hydrogen-bond acceptors (Lipinski definition) is 8. The van der Waals surface area contributed by atoms with Crippen molar-refractivity contribution < 1.29 is 33.3 Å². The number of ether oxygens (including phenoxy) is 4. The van der Waals surface area contributed by atoms with E-state index in [2.05, 4.69) is 0 Å². The van der Waals surface area contributed by atoms with Crippen molar-refractivity contribution in [3.63, 3.8) is 0 Å². The molecule has 1 aliphatic heterocycles. The molecule has 8 nitrogen and oxygen atoms in total. The second-order valence-electron chi connectivity index (χ2n) is 8.81. The summed E-state index contributed by atoms with van der Waals surface area (Å²) in [5.74, 6) is 0.432. The highest BCUT2D eigenvalue weighted by Crippen LogP contribution is 2.39. The second kappa shape index (κ2) is 12.4. The fourth-order valence-electron chi connectivity index (χ4n) is 4.21. The Morgan fingerprint density at radius 1 is 0.927 bits per heavy atom. The average molecular weight is 590 g/mol. The molecular formula is C31H24ClNO7S. The Morgan fingerprint density at radius 3 is 2.44 bits per heavy atom. The van der Waals surface area contributed by atoms with E-state index in [0.29, 0.717) is 22.6 Å². The Balaban J connectivity index is 1.27. The smallest absolute Gasteiger partial charge is 0.343 e. The van der Waals surface area contributed by atoms with E-state index >= 15 is 0 Å². The van der Waals surface area contributed by atoms with E-state index in [-0.39, 0.29) is 34.6 Å². The van der Waals surface area contributed by atoms with Crippen LogP contribution in [-0.4, -0.2) is 49.4 Å². The van der Waals surface area contributed by atoms with Crippen LogP contribution in [-0.2, 0) is 4.79 Å². The largest absolute Gasteiger partial charge is 0.497 e. The van der Waals surface area contributed by atoms with Gasteiger partial charge in [-0.25, -0.2) is 4.79 Å². The Hall–Kier alpha value is -4.47. The molecule has 0 bridgehead atoms. The number of amides is 2. The zero-order chi connectivity index (χ0) is 28.9. The van der Waals surface area contributed by atoms with Gasteiger partial charge in [-0.1, -0.05) is 48.0 Å². The van der Waals surface area contributed by atoms with Crippen LogP contribution in [0.2, 0.25) is 5.02 Å². The first-order valence-corrected chi connectivity index (χ1v) is 13.7. The summed E-state index contributed by atoms with van der Waals surface area (Å²) in [6.45, 7) is 0.239. The van der Waals surface area contributed by atoms with Gasteiger partial charge in [0.15, 0.2) is 11.5 Å². The van der Waals surface area contributed by atoms with Gasteiger partial charge in [-0.15, -0.1) is 0 Å². The van der Waals surface area contributed by atoms with Gasteiger partial charge in [-0.05, 0) is 71.3 Å². The molecule has 0 N–H and O–H groups in total. The van der Waals surface area contributed by atoms with Crippen LogP contribution < -0.4 is 18.9 Å². The minimum Gasteiger partial charge on any atom is -0.497 e. The molecule has 4 aromatic rings. The minimum atomic E-state index is -0.632. The third kappa shape index (κ3) is 6.16. The molecule has 0 spiro atoms. The number of fused-ring (bicyclic) bond motifs is 1. The number of imide groups is 1. The number of hydrogen-bond donors (Lipinski definition) is 0. The van der Waals surface area contributed by atoms with Crippen molar-refractivity contribution in [3.05, 3.63) is 99.9 Å². The molecule has 2 amide bonds. The molecule has 10 heteroatoms. The summed E-state index contributed by atoms with van der Waals surface area (Å²) < 4.78 is 21.9. The Kier molecular flexibility index (Phi) is 8.47. The fraction of sp³-hybridized carbons (Fsp3) is 0.129. The molecule has 0 saturated carbocycles. The SMILES string of the molecule is COc1ccc(C(=O)Oc2c(Cl)cc(/C=C3\SC(=O)N(CCOc4cccc5ccccc45)C3=O)cc2OC)cc1. The maximum Gasteiger partial charge on any atom is 0.343 e. The van der Waals surface area contributed by atoms with Crippen molar-refractivity contribution in [2.24, 2.45) is 0 Å². The van der Waals surface area contributed by atoms with Crippen LogP contribution in [0.5, 0.6) is 23.0 Å². The van der Waals surface area contributed by atoms with E-state index in [0.717, 1.165) is 27.4 Å². The maximum absolute atomic E-state index is 13.0. The van der Waals surface area contributed by atoms with E-state index in [1.165, 1.54) is 20.3 Å². The van der Waals surface area contributed by atoms with Gasteiger partial charge in [-0.3, -0.25) is 14.5 Å². The van der Waals surface area contributed by atoms with Crippen LogP contribution in [0.25, 0.3) is 16.8 Å². The minimum absolute atomic E-state index is 0.0332. The number of carbonyl (C=O) groups is 3. The molecule has 208 valence electrons. The van der Waals surface area contributed by atoms with Crippen molar-refractivity contribution >= 4 is 57.3 Å². The standard InChI is InChI=1S/C31H24ClNO7S/c1-37-22-12-10-21(11-13-22)30(35)40-28-24(32)16-19(17-26(28)38-2)18-27-29(34)33(31(36)41-27)14-15-39-25-9-5-7-20-6-3-4-8-23(20)25/h3-13,16-18H,14-15H2,1-2H3/b27-18-. The maximum atomic E-state index is 13.0. The Morgan fingerprint density at radius 2 is 1.68 bits per heavy atom. The molecule has 1 fully saturated rings. The third-order valence-electron chi connectivity index (χ3n) is 6.27. The third-order valence-corrected chi connectivity index (χ3v) is 7.45. The van der Waals surface area contributed by atoms with E-state index in [4.69, 9.17) is 30.5 Å². The molecule has 4 aromatic carbocycles. The van der Waals surface area contributed by atoms with Gasteiger partial charge in [-0.2, -0.15) is 0 Å². The summed E-state index contributed by atoms with van der Waals surface area (Å²) in [6, 6.07) is 23.1. The molecule has 5 rings (SSSR count). The predicted molar refractivity (Wildman–Crippen MR) is 158 cm³/mol. The molecule has 1 aliphatic rings. The fourth-order valence-corrected chi connectivity index (χ4v) is 5.34. The number of benzene rings is 4. The highest BCUT2D eigenvalue weighted by Gasteiger charge is 2.35. The summed E-state index contributed by atoms with van der Waals surface area (Å²) in [4.78, 5) is 39.7. The van der Waals surface area contributed by atoms with E-state index in [9.17, 15) is 14.4 Å². The van der Waals surface area contributed by atoms with Gasteiger partial charge in [0.25, 0.3) is 11.1 Å². The number of rotatable bonds is 9. The van der Waals surface area contributed by atoms with Crippen molar-refractivity contribution in [1.82, 2.24) is 4.90 Å². The lowest BCUT2D eigenvalue weighted by Crippen LogP contribution is -2.32. The van der Waals surface area contributed by atoms with E-state index in [1.54, 1.807) is 36.4 Å². The number of carbonyl (C=O) groups excluding carboxylic acids is 3. The van der Waals surface area contributed by atoms with Crippen LogP contribution in [0, 0.1) is 0 Å². The van der Waals surface area contributed by atoms with Gasteiger partial charge in [0, 0.05) is 5.39 Å². The molecule has 0 aromatic heterocycles. The summed E-state index contributed by atoms with van der Waals surface area (Å²) in [6.07, 6.45) is 1.54. The average Bonchev–Trinajstić information content (AvgIpc) is 3.25. The number of halogens is 1. The lowest BCUT2D eigenvalue weighted by molar-refractivity contribution is -0.123. The zero-order valence-electron chi connectivity index (χ0n) is 22.1. The summed E-state index contributed by atoms with van der Waals surface area (Å²) in [5, 5.41) is 1.69. The molecule has 0 atom stereocenters. The van der Waals surface area contributed by atoms with Gasteiger partial charge < -0.3 is 18.9 Å². The molecule has 0 unspecified atom stereocenters. The van der Waals surface area contributed by atoms with Crippen molar-refractivity contribution in [2.45, 2.75) is 0 Å². The quantitative estimate of drug-likeness (QED) is 0.119. The molecule has 1 saturated heterocycles. The molecule has 0 aliphatic carbocycles. The van der Waals surface area contributed by atoms with Crippen LogP contribution in [0.3, 0.4) is 0 Å². The summed E-state index contributed by atoms with van der Waals surface area (Å²) in [7, 11) is 2.94. The van der Waals surface area contributed by atoms with Crippen LogP contribution >= 0.6 is 23.4 Å². The molecular weight excluding hydrogens is 566 g/mol. The first-order valence-electron chi connectivity index (χ1n) is 12.5. The Bertz CT molecular complexity index is 1660. The highest BCUT2D eigenvalue weighted by atomic mass is 35.5. The second-order valence-corrected chi connectivity index (χ2v) is 10.2. The molecule has 41 heavy (non-hydrogen) atoms. The van der Waals surface area contributed by atoms with Crippen LogP contribution in [0.4, 0.5) is 4.79 Å². The summed E-state index contributed by atoms with van der Waals surface area (Å²) in [5.41, 5.74) is 0.791. The van der Waals surface area contributed by atoms with Gasteiger partial charge >= 0.3 is 5.97 Å².